The first-order chi connectivity index (χ1) is 42.7. The Hall–Kier alpha value is -10.8. The molecule has 90 heavy (non-hydrogen) atoms. The van der Waals surface area contributed by atoms with Crippen LogP contribution in [0.25, 0.3) is 10.9 Å². The summed E-state index contributed by atoms with van der Waals surface area (Å²) in [4.78, 5) is 177. The van der Waals surface area contributed by atoms with E-state index in [2.05, 4.69) is 52.8 Å². The van der Waals surface area contributed by atoms with Crippen molar-refractivity contribution in [3.05, 3.63) is 138 Å². The molecule has 0 radical (unpaired) electrons. The van der Waals surface area contributed by atoms with E-state index in [0.717, 1.165) is 6.92 Å². The summed E-state index contributed by atoms with van der Waals surface area (Å²) in [5, 5.41) is 81.0. The number of carboxylic acid groups (broad SMARTS) is 3. The monoisotopic (exact) mass is 1250 g/mol. The molecule has 0 bridgehead atoms. The van der Waals surface area contributed by atoms with Crippen LogP contribution >= 0.6 is 0 Å². The van der Waals surface area contributed by atoms with E-state index in [1.807, 2.05) is 0 Å². The Kier molecular flexibility index (Phi) is 26.4. The maximum atomic E-state index is 14.8. The number of rotatable bonds is 35. The van der Waals surface area contributed by atoms with Crippen LogP contribution in [-0.2, 0) is 88.0 Å². The van der Waals surface area contributed by atoms with Crippen LogP contribution in [0.15, 0.2) is 115 Å². The van der Waals surface area contributed by atoms with E-state index in [0.29, 0.717) is 27.6 Å². The van der Waals surface area contributed by atoms with Crippen molar-refractivity contribution in [1.29, 1.82) is 0 Å². The van der Waals surface area contributed by atoms with Crippen molar-refractivity contribution in [3.63, 3.8) is 0 Å². The van der Waals surface area contributed by atoms with Crippen molar-refractivity contribution >= 4 is 87.9 Å². The standard InChI is InChI=1S/C59H70N12O19/c1-30(73)50(59(89)90)71-57(87)41(23-34-28-62-37-15-9-8-14-36(34)37)67-52(82)38(20-31-10-4-2-5-11-31)64-51(81)40(22-33-16-18-35(74)19-17-33)65-56(86)44(26-49(79)80)69-54(84)42(24-46(61)75)68-53(83)39(21-32-12-6-3-7-13-32)66-58(88)45(29-72)70-55(85)43(25-48(77)78)63-47(76)27-60/h2-19,28,30,38-45,50,62,72-74H,20-27,29,60H2,1H3,(H2,61,75)(H,63,76)(H,64,81)(H,65,86)(H,66,88)(H,67,82)(H,68,83)(H,69,84)(H,70,85)(H,71,87)(H,77,78)(H,79,80)(H,89,90)/t30-,38+,39+,40+,41+,42+,43+,44+,45+,50+/m1/s1. The average Bonchev–Trinajstić information content (AvgIpc) is 1.78. The topological polar surface area (TPSA) is 519 Å². The summed E-state index contributed by atoms with van der Waals surface area (Å²) < 4.78 is 0. The minimum absolute atomic E-state index is 0.203. The van der Waals surface area contributed by atoms with Gasteiger partial charge in [0.15, 0.2) is 6.04 Å². The Morgan fingerprint density at radius 2 is 0.822 bits per heavy atom. The van der Waals surface area contributed by atoms with Crippen molar-refractivity contribution in [2.24, 2.45) is 11.5 Å². The van der Waals surface area contributed by atoms with Crippen LogP contribution in [-0.4, -0.2) is 186 Å². The molecule has 5 aromatic rings. The smallest absolute Gasteiger partial charge is 0.328 e. The second-order valence-corrected chi connectivity index (χ2v) is 20.7. The number of carbonyl (C=O) groups is 13. The largest absolute Gasteiger partial charge is 0.508 e. The lowest BCUT2D eigenvalue weighted by molar-refractivity contribution is -0.145. The number of nitrogens with two attached hydrogens (primary N) is 2. The number of phenolic OH excluding ortho intramolecular Hbond substituents is 1. The molecule has 1 heterocycles. The summed E-state index contributed by atoms with van der Waals surface area (Å²) >= 11 is 0. The van der Waals surface area contributed by atoms with Gasteiger partial charge >= 0.3 is 17.9 Å². The predicted molar refractivity (Wildman–Crippen MR) is 315 cm³/mol. The summed E-state index contributed by atoms with van der Waals surface area (Å²) in [6, 6.07) is 11.7. The Bertz CT molecular complexity index is 3390. The Balaban J connectivity index is 1.44. The highest BCUT2D eigenvalue weighted by Gasteiger charge is 2.37. The van der Waals surface area contributed by atoms with Gasteiger partial charge in [-0.2, -0.15) is 0 Å². The van der Waals surface area contributed by atoms with Crippen LogP contribution in [0, 0.1) is 0 Å². The number of aromatic hydroxyl groups is 1. The summed E-state index contributed by atoms with van der Waals surface area (Å²) in [5.41, 5.74) is 13.0. The summed E-state index contributed by atoms with van der Waals surface area (Å²) in [5.74, 6) is -16.9. The highest BCUT2D eigenvalue weighted by Crippen LogP contribution is 2.20. The first kappa shape index (κ1) is 70.0. The van der Waals surface area contributed by atoms with E-state index >= 15 is 0 Å². The fourth-order valence-electron chi connectivity index (χ4n) is 9.10. The summed E-state index contributed by atoms with van der Waals surface area (Å²) in [7, 11) is 0. The molecule has 0 unspecified atom stereocenters. The maximum Gasteiger partial charge on any atom is 0.328 e. The number of H-pyrrole nitrogens is 1. The molecule has 0 fully saturated rings. The number of benzene rings is 4. The molecule has 0 aliphatic heterocycles. The predicted octanol–water partition coefficient (Wildman–Crippen LogP) is -4.25. The maximum absolute atomic E-state index is 14.8. The molecule has 10 atom stereocenters. The van der Waals surface area contributed by atoms with Crippen molar-refractivity contribution in [1.82, 2.24) is 52.8 Å². The van der Waals surface area contributed by atoms with E-state index in [4.69, 9.17) is 11.5 Å². The van der Waals surface area contributed by atoms with E-state index in [1.54, 1.807) is 79.0 Å². The van der Waals surface area contributed by atoms with Gasteiger partial charge < -0.3 is 94.9 Å². The zero-order valence-corrected chi connectivity index (χ0v) is 48.3. The number of phenols is 1. The number of primary amides is 1. The van der Waals surface area contributed by atoms with Gasteiger partial charge in [-0.25, -0.2) is 4.79 Å². The van der Waals surface area contributed by atoms with Crippen molar-refractivity contribution < 1.29 is 93.0 Å². The Morgan fingerprint density at radius 1 is 0.456 bits per heavy atom. The van der Waals surface area contributed by atoms with Gasteiger partial charge in [0.05, 0.1) is 38.5 Å². The molecule has 0 spiro atoms. The number of fused-ring (bicyclic) bond motifs is 1. The zero-order chi connectivity index (χ0) is 66.2. The van der Waals surface area contributed by atoms with Gasteiger partial charge in [-0.15, -0.1) is 0 Å². The molecule has 10 amide bonds. The minimum atomic E-state index is -2.14. The third kappa shape index (κ3) is 21.9. The Morgan fingerprint density at radius 3 is 1.24 bits per heavy atom. The molecule has 0 aliphatic rings. The van der Waals surface area contributed by atoms with Crippen LogP contribution in [0.1, 0.15) is 48.4 Å². The number of carboxylic acids is 3. The fraction of sp³-hybridized carbons (Fsp3) is 0.339. The average molecular weight is 1250 g/mol. The molecule has 0 aliphatic carbocycles. The summed E-state index contributed by atoms with van der Waals surface area (Å²) in [6.07, 6.45) is -4.62. The van der Waals surface area contributed by atoms with Crippen LogP contribution < -0.4 is 59.3 Å². The van der Waals surface area contributed by atoms with Crippen LogP contribution in [0.4, 0.5) is 0 Å². The molecule has 0 saturated carbocycles. The fourth-order valence-corrected chi connectivity index (χ4v) is 9.10. The molecule has 20 N–H and O–H groups in total. The van der Waals surface area contributed by atoms with Gasteiger partial charge in [-0.3, -0.25) is 57.5 Å². The number of aliphatic hydroxyl groups excluding tert-OH is 2. The third-order valence-corrected chi connectivity index (χ3v) is 13.7. The normalized spacial score (nSPS) is 14.3. The van der Waals surface area contributed by atoms with Crippen molar-refractivity contribution in [3.8, 4) is 5.75 Å². The minimum Gasteiger partial charge on any atom is -0.508 e. The lowest BCUT2D eigenvalue weighted by atomic mass is 10.00. The second kappa shape index (κ2) is 33.9. The number of hydrogen-bond acceptors (Lipinski definition) is 17. The molecule has 31 heteroatoms. The van der Waals surface area contributed by atoms with Gasteiger partial charge in [-0.1, -0.05) is 91.0 Å². The molecule has 31 nitrogen and oxygen atoms in total. The molecular formula is C59H70N12O19. The van der Waals surface area contributed by atoms with E-state index < -0.39 is 176 Å². The number of aliphatic carboxylic acids is 3. The van der Waals surface area contributed by atoms with E-state index in [9.17, 15) is 93.0 Å². The van der Waals surface area contributed by atoms with Crippen LogP contribution in [0.2, 0.25) is 0 Å². The number of nitrogens with one attached hydrogen (secondary N) is 10. The van der Waals surface area contributed by atoms with Crippen LogP contribution in [0.3, 0.4) is 0 Å². The van der Waals surface area contributed by atoms with Crippen LogP contribution in [0.5, 0.6) is 5.75 Å². The van der Waals surface area contributed by atoms with Gasteiger partial charge in [-0.05, 0) is 47.4 Å². The third-order valence-electron chi connectivity index (χ3n) is 13.7. The van der Waals surface area contributed by atoms with E-state index in [-0.39, 0.29) is 30.6 Å². The number of amides is 10. The summed E-state index contributed by atoms with van der Waals surface area (Å²) in [6.45, 7) is -0.672. The molecule has 5 rings (SSSR count). The number of hydrogen-bond donors (Lipinski definition) is 18. The van der Waals surface area contributed by atoms with Gasteiger partial charge in [0.1, 0.15) is 54.1 Å². The van der Waals surface area contributed by atoms with Gasteiger partial charge in [0, 0.05) is 42.8 Å². The number of para-hydroxylation sites is 1. The van der Waals surface area contributed by atoms with E-state index in [1.165, 1.54) is 36.4 Å². The quantitative estimate of drug-likeness (QED) is 0.0183. The highest BCUT2D eigenvalue weighted by atomic mass is 16.4. The highest BCUT2D eigenvalue weighted by molar-refractivity contribution is 6.01. The number of aromatic amines is 1. The number of aliphatic hydroxyl groups is 2. The number of carbonyl (C=O) groups excluding carboxylic acids is 10. The lowest BCUT2D eigenvalue weighted by Gasteiger charge is -2.28. The molecular weight excluding hydrogens is 1180 g/mol. The number of aromatic nitrogens is 1. The van der Waals surface area contributed by atoms with Gasteiger partial charge in [0.2, 0.25) is 59.1 Å². The second-order valence-electron chi connectivity index (χ2n) is 20.7. The molecule has 480 valence electrons. The Labute approximate surface area is 512 Å². The lowest BCUT2D eigenvalue weighted by Crippen LogP contribution is -2.62. The molecule has 1 aromatic heterocycles. The van der Waals surface area contributed by atoms with Gasteiger partial charge in [0.25, 0.3) is 0 Å². The first-order valence-corrected chi connectivity index (χ1v) is 27.8. The SMILES string of the molecule is C[C@@H](O)[C@H](NC(=O)[C@H](Cc1c[nH]c2ccccc12)NC(=O)[C@H](Cc1ccccc1)NC(=O)[C@H](Cc1ccc(O)cc1)NC(=O)[C@H](CC(=O)O)NC(=O)[C@H](CC(N)=O)NC(=O)[C@H](Cc1ccccc1)NC(=O)[C@H](CO)NC(=O)[C@H](CC(=O)O)NC(=O)CN)C(=O)O. The van der Waals surface area contributed by atoms with Crippen molar-refractivity contribution in [2.75, 3.05) is 13.2 Å². The molecule has 4 aromatic carbocycles. The molecule has 0 saturated heterocycles. The first-order valence-electron chi connectivity index (χ1n) is 27.8. The zero-order valence-electron chi connectivity index (χ0n) is 48.3. The van der Waals surface area contributed by atoms with Crippen molar-refractivity contribution in [2.45, 2.75) is 112 Å².